The van der Waals surface area contributed by atoms with Gasteiger partial charge in [-0.15, -0.1) is 0 Å². The molecule has 4 aromatic carbocycles. The SMILES string of the molecule is COc1ccc([C@H]2C(C(=O)Nc3ccccc3)=C(C)N=c3s/c(=C/c4cc(C)n(-c5ccc(-c6ccccc6)cc5)c4C)c(=O)n32)cc1. The van der Waals surface area contributed by atoms with Gasteiger partial charge < -0.3 is 14.6 Å². The normalized spacial score (nSPS) is 14.4. The largest absolute Gasteiger partial charge is 0.497 e. The summed E-state index contributed by atoms with van der Waals surface area (Å²) in [5.41, 5.74) is 8.64. The predicted molar refractivity (Wildman–Crippen MR) is 193 cm³/mol. The van der Waals surface area contributed by atoms with Crippen LogP contribution in [0, 0.1) is 13.8 Å². The molecular weight excluding hydrogens is 617 g/mol. The summed E-state index contributed by atoms with van der Waals surface area (Å²) in [7, 11) is 1.61. The summed E-state index contributed by atoms with van der Waals surface area (Å²) >= 11 is 1.33. The monoisotopic (exact) mass is 650 g/mol. The molecule has 7 rings (SSSR count). The molecule has 1 atom stereocenters. The zero-order valence-corrected chi connectivity index (χ0v) is 27.9. The van der Waals surface area contributed by atoms with Crippen LogP contribution in [-0.2, 0) is 4.79 Å². The molecular formula is C40H34N4O3S. The molecule has 0 saturated carbocycles. The first-order chi connectivity index (χ1) is 23.3. The highest BCUT2D eigenvalue weighted by Crippen LogP contribution is 2.32. The average molecular weight is 651 g/mol. The van der Waals surface area contributed by atoms with Gasteiger partial charge in [-0.25, -0.2) is 4.99 Å². The number of benzene rings is 4. The number of allylic oxidation sites excluding steroid dienone is 1. The fourth-order valence-corrected chi connectivity index (χ4v) is 7.38. The van der Waals surface area contributed by atoms with E-state index in [0.29, 0.717) is 32.0 Å². The molecule has 6 aromatic rings. The van der Waals surface area contributed by atoms with E-state index in [1.165, 1.54) is 16.9 Å². The summed E-state index contributed by atoms with van der Waals surface area (Å²) in [6, 6.07) is 37.0. The molecule has 1 aliphatic rings. The third-order valence-electron chi connectivity index (χ3n) is 8.72. The molecule has 0 unspecified atom stereocenters. The van der Waals surface area contributed by atoms with Crippen LogP contribution in [0.25, 0.3) is 22.9 Å². The molecule has 238 valence electrons. The Balaban J connectivity index is 1.30. The fraction of sp³-hybridized carbons (Fsp3) is 0.125. The number of anilines is 1. The van der Waals surface area contributed by atoms with Crippen LogP contribution in [0.4, 0.5) is 5.69 Å². The highest BCUT2D eigenvalue weighted by Gasteiger charge is 2.32. The molecule has 0 aliphatic carbocycles. The van der Waals surface area contributed by atoms with Gasteiger partial charge in [-0.3, -0.25) is 14.2 Å². The molecule has 7 nitrogen and oxygen atoms in total. The Kier molecular flexibility index (Phi) is 8.25. The second-order valence-electron chi connectivity index (χ2n) is 11.7. The van der Waals surface area contributed by atoms with Crippen LogP contribution in [0.1, 0.15) is 35.5 Å². The van der Waals surface area contributed by atoms with E-state index in [0.717, 1.165) is 33.8 Å². The lowest BCUT2D eigenvalue weighted by Crippen LogP contribution is -2.40. The standard InChI is InChI=1S/C40H34N4O3S/c1-25-23-31(27(3)43(25)33-19-15-29(16-20-33)28-11-7-5-8-12-28)24-35-39(46)44-37(30-17-21-34(47-4)22-18-30)36(26(2)41-40(44)48-35)38(45)42-32-13-9-6-10-14-32/h5-24,37H,1-4H3,(H,42,45)/b35-24+/t37-/m0/s1. The Labute approximate surface area is 282 Å². The minimum atomic E-state index is -0.673. The summed E-state index contributed by atoms with van der Waals surface area (Å²) in [5, 5.41) is 3.00. The van der Waals surface area contributed by atoms with E-state index in [2.05, 4.69) is 66.2 Å². The average Bonchev–Trinajstić information content (AvgIpc) is 3.57. The highest BCUT2D eigenvalue weighted by atomic mass is 32.1. The highest BCUT2D eigenvalue weighted by molar-refractivity contribution is 7.07. The first kappa shape index (κ1) is 30.9. The second kappa shape index (κ2) is 12.8. The van der Waals surface area contributed by atoms with Crippen LogP contribution >= 0.6 is 11.3 Å². The molecule has 0 spiro atoms. The zero-order valence-electron chi connectivity index (χ0n) is 27.1. The Morgan fingerprint density at radius 3 is 2.17 bits per heavy atom. The quantitative estimate of drug-likeness (QED) is 0.203. The second-order valence-corrected chi connectivity index (χ2v) is 12.8. The van der Waals surface area contributed by atoms with Crippen LogP contribution < -0.4 is 24.9 Å². The van der Waals surface area contributed by atoms with Gasteiger partial charge in [0.2, 0.25) is 0 Å². The topological polar surface area (TPSA) is 77.6 Å². The summed E-state index contributed by atoms with van der Waals surface area (Å²) in [6.07, 6.45) is 1.94. The molecule has 2 aromatic heterocycles. The number of amides is 1. The molecule has 1 N–H and O–H groups in total. The van der Waals surface area contributed by atoms with Gasteiger partial charge >= 0.3 is 0 Å². The van der Waals surface area contributed by atoms with Crippen molar-refractivity contribution in [2.24, 2.45) is 4.99 Å². The molecule has 3 heterocycles. The first-order valence-electron chi connectivity index (χ1n) is 15.7. The number of nitrogens with one attached hydrogen (secondary N) is 1. The predicted octanol–water partition coefficient (Wildman–Crippen LogP) is 6.96. The molecule has 0 saturated heterocycles. The molecule has 48 heavy (non-hydrogen) atoms. The van der Waals surface area contributed by atoms with Crippen LogP contribution in [0.15, 0.2) is 136 Å². The Bertz CT molecular complexity index is 2350. The third kappa shape index (κ3) is 5.71. The van der Waals surface area contributed by atoms with Gasteiger partial charge in [0.05, 0.1) is 29.0 Å². The van der Waals surface area contributed by atoms with E-state index in [9.17, 15) is 9.59 Å². The van der Waals surface area contributed by atoms with Crippen molar-refractivity contribution in [1.29, 1.82) is 0 Å². The number of aromatic nitrogens is 2. The number of thiazole rings is 1. The van der Waals surface area contributed by atoms with Crippen molar-refractivity contribution in [1.82, 2.24) is 9.13 Å². The van der Waals surface area contributed by atoms with Gasteiger partial charge in [-0.2, -0.15) is 0 Å². The summed E-state index contributed by atoms with van der Waals surface area (Å²) in [5.74, 6) is 0.381. The van der Waals surface area contributed by atoms with Crippen molar-refractivity contribution in [2.45, 2.75) is 26.8 Å². The smallest absolute Gasteiger partial charge is 0.271 e. The minimum absolute atomic E-state index is 0.200. The lowest BCUT2D eigenvalue weighted by molar-refractivity contribution is -0.113. The zero-order chi connectivity index (χ0) is 33.4. The van der Waals surface area contributed by atoms with Gasteiger partial charge in [0.25, 0.3) is 11.5 Å². The van der Waals surface area contributed by atoms with Crippen molar-refractivity contribution >= 4 is 29.0 Å². The van der Waals surface area contributed by atoms with Crippen molar-refractivity contribution in [2.75, 3.05) is 12.4 Å². The number of nitrogens with zero attached hydrogens (tertiary/aromatic N) is 3. The lowest BCUT2D eigenvalue weighted by atomic mass is 9.95. The van der Waals surface area contributed by atoms with Gasteiger partial charge in [-0.1, -0.05) is 84.1 Å². The Morgan fingerprint density at radius 2 is 1.50 bits per heavy atom. The molecule has 0 bridgehead atoms. The molecule has 0 fully saturated rings. The Hall–Kier alpha value is -5.73. The van der Waals surface area contributed by atoms with E-state index in [1.807, 2.05) is 85.8 Å². The number of ether oxygens (including phenoxy) is 1. The molecule has 8 heteroatoms. The first-order valence-corrected chi connectivity index (χ1v) is 16.5. The van der Waals surface area contributed by atoms with Gasteiger partial charge in [0.15, 0.2) is 4.80 Å². The number of aryl methyl sites for hydroxylation is 1. The molecule has 0 radical (unpaired) electrons. The maximum atomic E-state index is 14.3. The maximum Gasteiger partial charge on any atom is 0.271 e. The van der Waals surface area contributed by atoms with Gasteiger partial charge in [-0.05, 0) is 91.6 Å². The van der Waals surface area contributed by atoms with Crippen molar-refractivity contribution in [3.63, 3.8) is 0 Å². The van der Waals surface area contributed by atoms with E-state index < -0.39 is 6.04 Å². The maximum absolute atomic E-state index is 14.3. The molecule has 1 aliphatic heterocycles. The lowest BCUT2D eigenvalue weighted by Gasteiger charge is -2.25. The number of hydrogen-bond acceptors (Lipinski definition) is 5. The number of para-hydroxylation sites is 1. The van der Waals surface area contributed by atoms with Gasteiger partial charge in [0.1, 0.15) is 5.75 Å². The van der Waals surface area contributed by atoms with Crippen molar-refractivity contribution in [3.8, 4) is 22.6 Å². The van der Waals surface area contributed by atoms with E-state index >= 15 is 0 Å². The van der Waals surface area contributed by atoms with Crippen LogP contribution in [0.5, 0.6) is 5.75 Å². The Morgan fingerprint density at radius 1 is 0.854 bits per heavy atom. The number of methoxy groups -OCH3 is 1. The number of hydrogen-bond donors (Lipinski definition) is 1. The van der Waals surface area contributed by atoms with Crippen LogP contribution in [-0.4, -0.2) is 22.2 Å². The van der Waals surface area contributed by atoms with E-state index in [-0.39, 0.29) is 11.5 Å². The summed E-state index contributed by atoms with van der Waals surface area (Å²) in [6.45, 7) is 5.96. The number of carbonyl (C=O) groups excluding carboxylic acids is 1. The number of fused-ring (bicyclic) bond motifs is 1. The summed E-state index contributed by atoms with van der Waals surface area (Å²) in [4.78, 5) is 33.5. The van der Waals surface area contributed by atoms with E-state index in [1.54, 1.807) is 11.7 Å². The number of carbonyl (C=O) groups is 1. The fourth-order valence-electron chi connectivity index (χ4n) is 6.34. The van der Waals surface area contributed by atoms with E-state index in [4.69, 9.17) is 9.73 Å². The van der Waals surface area contributed by atoms with Crippen molar-refractivity contribution < 1.29 is 9.53 Å². The number of rotatable bonds is 7. The summed E-state index contributed by atoms with van der Waals surface area (Å²) < 4.78 is 9.79. The minimum Gasteiger partial charge on any atom is -0.497 e. The van der Waals surface area contributed by atoms with Crippen LogP contribution in [0.2, 0.25) is 0 Å². The molecule has 1 amide bonds. The van der Waals surface area contributed by atoms with Crippen LogP contribution in [0.3, 0.4) is 0 Å². The van der Waals surface area contributed by atoms with Crippen molar-refractivity contribution in [3.05, 3.63) is 169 Å². The van der Waals surface area contributed by atoms with Gasteiger partial charge in [0, 0.05) is 22.8 Å². The third-order valence-corrected chi connectivity index (χ3v) is 9.70.